The van der Waals surface area contributed by atoms with Gasteiger partial charge in [0, 0.05) is 19.3 Å². The first kappa shape index (κ1) is 76.3. The summed E-state index contributed by atoms with van der Waals surface area (Å²) in [5, 5.41) is 0. The van der Waals surface area contributed by atoms with E-state index in [1.54, 1.807) is 0 Å². The van der Waals surface area contributed by atoms with Crippen LogP contribution in [0.4, 0.5) is 0 Å². The number of carbonyl (C=O) groups excluding carboxylic acids is 3. The number of rotatable bonds is 59. The summed E-state index contributed by atoms with van der Waals surface area (Å²) < 4.78 is 16.9. The van der Waals surface area contributed by atoms with E-state index < -0.39 is 6.10 Å². The van der Waals surface area contributed by atoms with Crippen LogP contribution in [-0.4, -0.2) is 37.2 Å². The van der Waals surface area contributed by atoms with Crippen molar-refractivity contribution >= 4 is 17.9 Å². The third-order valence-corrected chi connectivity index (χ3v) is 13.8. The van der Waals surface area contributed by atoms with E-state index in [2.05, 4.69) is 167 Å². The van der Waals surface area contributed by atoms with Gasteiger partial charge in [0.15, 0.2) is 6.10 Å². The van der Waals surface area contributed by atoms with Gasteiger partial charge in [0.2, 0.25) is 0 Å². The number of esters is 3. The summed E-state index contributed by atoms with van der Waals surface area (Å²) in [4.78, 5) is 38.4. The van der Waals surface area contributed by atoms with E-state index in [0.717, 1.165) is 161 Å². The third kappa shape index (κ3) is 66.0. The molecule has 1 unspecified atom stereocenters. The molecule has 0 amide bonds. The topological polar surface area (TPSA) is 78.9 Å². The lowest BCUT2D eigenvalue weighted by Crippen LogP contribution is -2.30. The summed E-state index contributed by atoms with van der Waals surface area (Å²) in [6.07, 6.45) is 97.1. The molecule has 0 bridgehead atoms. The summed E-state index contributed by atoms with van der Waals surface area (Å²) in [6.45, 7) is 6.38. The van der Waals surface area contributed by atoms with E-state index >= 15 is 0 Å². The average molecular weight is 1120 g/mol. The molecule has 0 aliphatic heterocycles. The summed E-state index contributed by atoms with van der Waals surface area (Å²) >= 11 is 0. The zero-order valence-corrected chi connectivity index (χ0v) is 52.5. The first-order valence-corrected chi connectivity index (χ1v) is 33.3. The van der Waals surface area contributed by atoms with Crippen molar-refractivity contribution in [2.24, 2.45) is 0 Å². The van der Waals surface area contributed by atoms with E-state index in [9.17, 15) is 14.4 Å². The lowest BCUT2D eigenvalue weighted by molar-refractivity contribution is -0.167. The number of allylic oxidation sites excluding steroid dienone is 24. The summed E-state index contributed by atoms with van der Waals surface area (Å²) in [5.41, 5.74) is 0. The SMILES string of the molecule is CC/C=C\C/C=C\C/C=C\C/C=C\C/C=C\C/C=C\C/C=C\CCCCCCCC(=O)OCC(COC(=O)CCCCCC/C=C\C/C=C\C/C=C\C/C=C\CC)OC(=O)CCCCCCCCCCC/C=C\CCCCCCCC. The van der Waals surface area contributed by atoms with Crippen molar-refractivity contribution in [2.75, 3.05) is 13.2 Å². The quantitative estimate of drug-likeness (QED) is 0.0261. The van der Waals surface area contributed by atoms with E-state index in [-0.39, 0.29) is 31.1 Å². The maximum absolute atomic E-state index is 12.9. The van der Waals surface area contributed by atoms with Crippen molar-refractivity contribution in [3.8, 4) is 0 Å². The molecule has 0 aliphatic carbocycles. The average Bonchev–Trinajstić information content (AvgIpc) is 3.47. The zero-order chi connectivity index (χ0) is 58.5. The first-order chi connectivity index (χ1) is 40.0. The summed E-state index contributed by atoms with van der Waals surface area (Å²) in [6, 6.07) is 0. The van der Waals surface area contributed by atoms with Crippen molar-refractivity contribution < 1.29 is 28.6 Å². The molecule has 0 saturated carbocycles. The van der Waals surface area contributed by atoms with Gasteiger partial charge < -0.3 is 14.2 Å². The van der Waals surface area contributed by atoms with Crippen molar-refractivity contribution in [3.05, 3.63) is 146 Å². The Kier molecular flexibility index (Phi) is 63.9. The number of hydrogen-bond acceptors (Lipinski definition) is 6. The Bertz CT molecular complexity index is 1760. The van der Waals surface area contributed by atoms with Crippen LogP contribution in [0.2, 0.25) is 0 Å². The zero-order valence-electron chi connectivity index (χ0n) is 52.5. The molecule has 0 rings (SSSR count). The fraction of sp³-hybridized carbons (Fsp3) is 0.640. The minimum absolute atomic E-state index is 0.102. The molecule has 0 aromatic carbocycles. The molecule has 0 aliphatic rings. The predicted octanol–water partition coefficient (Wildman–Crippen LogP) is 23.1. The van der Waals surface area contributed by atoms with E-state index in [4.69, 9.17) is 14.2 Å². The van der Waals surface area contributed by atoms with Gasteiger partial charge in [0.05, 0.1) is 0 Å². The van der Waals surface area contributed by atoms with Gasteiger partial charge in [0.25, 0.3) is 0 Å². The summed E-state index contributed by atoms with van der Waals surface area (Å²) in [7, 11) is 0. The maximum Gasteiger partial charge on any atom is 0.306 e. The molecule has 6 heteroatoms. The van der Waals surface area contributed by atoms with Crippen molar-refractivity contribution in [2.45, 2.75) is 297 Å². The molecule has 1 atom stereocenters. The van der Waals surface area contributed by atoms with E-state index in [1.807, 2.05) is 0 Å². The van der Waals surface area contributed by atoms with Crippen LogP contribution in [0.5, 0.6) is 0 Å². The highest BCUT2D eigenvalue weighted by Crippen LogP contribution is 2.15. The largest absolute Gasteiger partial charge is 0.462 e. The molecule has 81 heavy (non-hydrogen) atoms. The van der Waals surface area contributed by atoms with Crippen molar-refractivity contribution in [3.63, 3.8) is 0 Å². The van der Waals surface area contributed by atoms with Gasteiger partial charge in [-0.25, -0.2) is 0 Å². The van der Waals surface area contributed by atoms with Gasteiger partial charge in [-0.05, 0) is 141 Å². The molecule has 0 radical (unpaired) electrons. The molecule has 0 N–H and O–H groups in total. The first-order valence-electron chi connectivity index (χ1n) is 33.3. The second kappa shape index (κ2) is 67.8. The van der Waals surface area contributed by atoms with Crippen molar-refractivity contribution in [1.29, 1.82) is 0 Å². The monoisotopic (exact) mass is 1120 g/mol. The molecule has 0 heterocycles. The summed E-state index contributed by atoms with van der Waals surface area (Å²) in [5.74, 6) is -0.942. The fourth-order valence-electron chi connectivity index (χ4n) is 8.88. The van der Waals surface area contributed by atoms with Gasteiger partial charge in [-0.1, -0.05) is 276 Å². The maximum atomic E-state index is 12.9. The van der Waals surface area contributed by atoms with E-state index in [0.29, 0.717) is 19.3 Å². The minimum Gasteiger partial charge on any atom is -0.462 e. The van der Waals surface area contributed by atoms with Crippen molar-refractivity contribution in [1.82, 2.24) is 0 Å². The van der Waals surface area contributed by atoms with Crippen LogP contribution in [0.25, 0.3) is 0 Å². The standard InChI is InChI=1S/C75H122O6/c1-4-7-10-13-16-19-22-25-28-31-33-34-35-36-37-38-39-40-42-44-47-50-53-56-59-62-65-68-74(77)80-71-72(70-79-73(76)67-64-61-58-55-52-49-46-43-30-27-24-21-18-15-12-9-6-3)81-75(78)69-66-63-60-57-54-51-48-45-41-32-29-26-23-20-17-14-11-8-5-2/h7,9-10,12,16,18-19,21,25-30,33-34,36-37,39-40,44,46-47,49,72H,4-6,8,11,13-15,17,20,22-24,31-32,35,38,41-43,45,48,50-71H2,1-3H3/b10-7-,12-9-,19-16-,21-18-,28-25-,29-26-,30-27-,34-33-,37-36-,40-39-,47-44-,49-46-. The number of unbranched alkanes of at least 4 members (excludes halogenated alkanes) is 24. The molecule has 0 spiro atoms. The fourth-order valence-corrected chi connectivity index (χ4v) is 8.88. The van der Waals surface area contributed by atoms with Crippen LogP contribution in [0, 0.1) is 0 Å². The minimum atomic E-state index is -0.806. The smallest absolute Gasteiger partial charge is 0.306 e. The Morgan fingerprint density at radius 3 is 0.765 bits per heavy atom. The number of ether oxygens (including phenoxy) is 3. The predicted molar refractivity (Wildman–Crippen MR) is 352 cm³/mol. The highest BCUT2D eigenvalue weighted by molar-refractivity contribution is 5.71. The Labute approximate surface area is 499 Å². The van der Waals surface area contributed by atoms with Gasteiger partial charge in [-0.15, -0.1) is 0 Å². The Hall–Kier alpha value is -4.71. The molecule has 0 fully saturated rings. The van der Waals surface area contributed by atoms with E-state index in [1.165, 1.54) is 89.9 Å². The molecular weight excluding hydrogens is 997 g/mol. The van der Waals surface area contributed by atoms with Crippen LogP contribution in [-0.2, 0) is 28.6 Å². The van der Waals surface area contributed by atoms with Crippen LogP contribution >= 0.6 is 0 Å². The molecule has 6 nitrogen and oxygen atoms in total. The van der Waals surface area contributed by atoms with Gasteiger partial charge in [-0.3, -0.25) is 14.4 Å². The number of hydrogen-bond donors (Lipinski definition) is 0. The second-order valence-electron chi connectivity index (χ2n) is 21.6. The Balaban J connectivity index is 4.46. The molecule has 458 valence electrons. The van der Waals surface area contributed by atoms with Crippen LogP contribution in [0.1, 0.15) is 290 Å². The molecular formula is C75H122O6. The van der Waals surface area contributed by atoms with Gasteiger partial charge >= 0.3 is 17.9 Å². The molecule has 0 aromatic heterocycles. The lowest BCUT2D eigenvalue weighted by atomic mass is 10.1. The highest BCUT2D eigenvalue weighted by atomic mass is 16.6. The Morgan fingerprint density at radius 2 is 0.481 bits per heavy atom. The second-order valence-corrected chi connectivity index (χ2v) is 21.6. The third-order valence-electron chi connectivity index (χ3n) is 13.8. The highest BCUT2D eigenvalue weighted by Gasteiger charge is 2.19. The molecule has 0 saturated heterocycles. The molecule has 0 aromatic rings. The van der Waals surface area contributed by atoms with Crippen LogP contribution in [0.3, 0.4) is 0 Å². The van der Waals surface area contributed by atoms with Gasteiger partial charge in [0.1, 0.15) is 13.2 Å². The van der Waals surface area contributed by atoms with Crippen LogP contribution < -0.4 is 0 Å². The van der Waals surface area contributed by atoms with Gasteiger partial charge in [-0.2, -0.15) is 0 Å². The Morgan fingerprint density at radius 1 is 0.259 bits per heavy atom. The van der Waals surface area contributed by atoms with Crippen LogP contribution in [0.15, 0.2) is 146 Å². The normalized spacial score (nSPS) is 13.1. The number of carbonyl (C=O) groups is 3. The lowest BCUT2D eigenvalue weighted by Gasteiger charge is -2.18.